The molecule has 24 nitrogen and oxygen atoms in total. The number of ether oxygens (including phenoxy) is 4. The number of benzene rings is 2. The quantitative estimate of drug-likeness (QED) is 0.260. The predicted molar refractivity (Wildman–Crippen MR) is 181 cm³/mol. The maximum absolute atomic E-state index is 15.0. The van der Waals surface area contributed by atoms with Crippen LogP contribution in [0.15, 0.2) is 24.3 Å². The minimum atomic E-state index is -3.36. The third-order valence-corrected chi connectivity index (χ3v) is 12.5. The first-order chi connectivity index (χ1) is 27.6. The molecule has 0 spiro atoms. The van der Waals surface area contributed by atoms with Crippen LogP contribution >= 0.6 is 0 Å². The molecule has 2 aromatic carbocycles. The van der Waals surface area contributed by atoms with Crippen LogP contribution < -0.4 is 18.9 Å². The molecule has 0 bridgehead atoms. The summed E-state index contributed by atoms with van der Waals surface area (Å²) in [4.78, 5) is 120. The average Bonchev–Trinajstić information content (AvgIpc) is 3.56. The van der Waals surface area contributed by atoms with Crippen LogP contribution in [0.5, 0.6) is 23.0 Å². The standard InChI is InChI=1S/C34H32N8O16/c1-55-19-5-6-20(56-2)16-10-36-28(52)40-14-42-30(54)38-12-18-17(21(57-3)7-8-22(18)58-4)11-37-29(53)41(34(42,26(49)50)32(37,38)24(45)46)13-39-27(51)35(9-15(16)19)31(36,23(43)44)33(39,40)25(47)48/h5-8H,9-14H2,1-4H3,(H,43,44)(H,45,46)(H,47,48)(H,49,50). The van der Waals surface area contributed by atoms with Crippen molar-refractivity contribution in [2.45, 2.75) is 48.8 Å². The molecule has 4 N–H and O–H groups in total. The fourth-order valence-electron chi connectivity index (χ4n) is 10.4. The van der Waals surface area contributed by atoms with Crippen LogP contribution in [0, 0.1) is 0 Å². The van der Waals surface area contributed by atoms with E-state index in [4.69, 9.17) is 18.9 Å². The first kappa shape index (κ1) is 36.3. The molecular formula is C34H32N8O16. The summed E-state index contributed by atoms with van der Waals surface area (Å²) in [6.07, 6.45) is 0. The van der Waals surface area contributed by atoms with Gasteiger partial charge in [-0.05, 0) is 24.3 Å². The largest absolute Gasteiger partial charge is 0.496 e. The highest BCUT2D eigenvalue weighted by Crippen LogP contribution is 2.61. The highest BCUT2D eigenvalue weighted by Gasteiger charge is 2.92. The maximum atomic E-state index is 15.0. The van der Waals surface area contributed by atoms with Crippen LogP contribution in [0.2, 0.25) is 0 Å². The number of amides is 8. The Kier molecular flexibility index (Phi) is 6.96. The Morgan fingerprint density at radius 1 is 0.414 bits per heavy atom. The third kappa shape index (κ3) is 3.38. The fourth-order valence-corrected chi connectivity index (χ4v) is 10.4. The van der Waals surface area contributed by atoms with E-state index in [0.717, 1.165) is 0 Å². The lowest BCUT2D eigenvalue weighted by molar-refractivity contribution is -0.203. The van der Waals surface area contributed by atoms with E-state index in [-0.39, 0.29) is 45.3 Å². The van der Waals surface area contributed by atoms with Gasteiger partial charge in [0.25, 0.3) is 22.7 Å². The molecule has 7 heterocycles. The monoisotopic (exact) mass is 808 g/mol. The van der Waals surface area contributed by atoms with E-state index in [1.807, 2.05) is 0 Å². The first-order valence-corrected chi connectivity index (χ1v) is 17.3. The van der Waals surface area contributed by atoms with Crippen molar-refractivity contribution in [1.82, 2.24) is 39.2 Å². The van der Waals surface area contributed by atoms with Crippen LogP contribution in [0.3, 0.4) is 0 Å². The van der Waals surface area contributed by atoms with Gasteiger partial charge in [0.1, 0.15) is 36.3 Å². The summed E-state index contributed by atoms with van der Waals surface area (Å²) >= 11 is 0. The molecule has 0 unspecified atom stereocenters. The van der Waals surface area contributed by atoms with Gasteiger partial charge in [0.05, 0.1) is 54.6 Å². The molecular weight excluding hydrogens is 776 g/mol. The summed E-state index contributed by atoms with van der Waals surface area (Å²) in [6.45, 7) is -5.78. The highest BCUT2D eigenvalue weighted by atomic mass is 16.5. The van der Waals surface area contributed by atoms with Crippen LogP contribution in [0.4, 0.5) is 19.2 Å². The van der Waals surface area contributed by atoms with E-state index in [1.165, 1.54) is 52.7 Å². The van der Waals surface area contributed by atoms with Gasteiger partial charge >= 0.3 is 48.0 Å². The van der Waals surface area contributed by atoms with Crippen LogP contribution in [-0.2, 0) is 45.4 Å². The summed E-state index contributed by atoms with van der Waals surface area (Å²) in [5, 5.41) is 45.4. The first-order valence-electron chi connectivity index (χ1n) is 17.3. The van der Waals surface area contributed by atoms with Gasteiger partial charge in [-0.1, -0.05) is 0 Å². The summed E-state index contributed by atoms with van der Waals surface area (Å²) < 4.78 is 22.1. The van der Waals surface area contributed by atoms with Gasteiger partial charge in [-0.25, -0.2) is 38.4 Å². The van der Waals surface area contributed by atoms with Gasteiger partial charge in [-0.15, -0.1) is 0 Å². The van der Waals surface area contributed by atoms with Crippen molar-refractivity contribution in [3.05, 3.63) is 46.5 Å². The second-order valence-corrected chi connectivity index (χ2v) is 14.2. The zero-order valence-corrected chi connectivity index (χ0v) is 30.8. The lowest BCUT2D eigenvalue weighted by atomic mass is 9.88. The fraction of sp³-hybridized carbons (Fsp3) is 0.412. The molecule has 0 aromatic heterocycles. The number of nitrogens with zero attached hydrogens (tertiary/aromatic N) is 8. The topological polar surface area (TPSA) is 280 Å². The number of urea groups is 4. The Labute approximate surface area is 324 Å². The van der Waals surface area contributed by atoms with Gasteiger partial charge in [0.2, 0.25) is 0 Å². The van der Waals surface area contributed by atoms with Gasteiger partial charge in [0.15, 0.2) is 0 Å². The molecule has 0 saturated carbocycles. The lowest BCUT2D eigenvalue weighted by Crippen LogP contribution is -2.81. The molecule has 2 aromatic rings. The molecule has 24 heteroatoms. The Bertz CT molecular complexity index is 2090. The normalized spacial score (nSPS) is 28.6. The third-order valence-electron chi connectivity index (χ3n) is 12.5. The van der Waals surface area contributed by atoms with E-state index in [9.17, 15) is 39.6 Å². The molecule has 8 amide bonds. The van der Waals surface area contributed by atoms with Crippen molar-refractivity contribution in [1.29, 1.82) is 0 Å². The van der Waals surface area contributed by atoms with Crippen LogP contribution in [0.25, 0.3) is 0 Å². The van der Waals surface area contributed by atoms with Gasteiger partial charge in [-0.3, -0.25) is 39.2 Å². The van der Waals surface area contributed by atoms with E-state index in [2.05, 4.69) is 0 Å². The highest BCUT2D eigenvalue weighted by molar-refractivity contribution is 6.12. The molecule has 58 heavy (non-hydrogen) atoms. The number of fused-ring (bicyclic) bond motifs is 2. The van der Waals surface area contributed by atoms with Gasteiger partial charge in [-0.2, -0.15) is 0 Å². The summed E-state index contributed by atoms with van der Waals surface area (Å²) in [5.41, 5.74) is -12.6. The average molecular weight is 809 g/mol. The molecule has 0 aliphatic carbocycles. The number of hydrogen-bond acceptors (Lipinski definition) is 12. The minimum Gasteiger partial charge on any atom is -0.496 e. The molecule has 7 aliphatic heterocycles. The number of hydrogen-bond donors (Lipinski definition) is 4. The number of carbonyl (C=O) groups excluding carboxylic acids is 4. The maximum Gasteiger partial charge on any atom is 0.356 e. The summed E-state index contributed by atoms with van der Waals surface area (Å²) in [5.74, 6) is -7.85. The number of methoxy groups -OCH3 is 4. The summed E-state index contributed by atoms with van der Waals surface area (Å²) in [7, 11) is 5.14. The zero-order valence-electron chi connectivity index (χ0n) is 30.8. The second-order valence-electron chi connectivity index (χ2n) is 14.2. The predicted octanol–water partition coefficient (Wildman–Crippen LogP) is -0.549. The van der Waals surface area contributed by atoms with Gasteiger partial charge < -0.3 is 39.4 Å². The molecule has 9 rings (SSSR count). The number of carboxylic acid groups (broad SMARTS) is 4. The smallest absolute Gasteiger partial charge is 0.356 e. The molecule has 0 atom stereocenters. The van der Waals surface area contributed by atoms with E-state index in [0.29, 0.717) is 39.2 Å². The van der Waals surface area contributed by atoms with Crippen molar-refractivity contribution in [2.24, 2.45) is 0 Å². The zero-order chi connectivity index (χ0) is 41.8. The number of carbonyl (C=O) groups is 8. The number of carboxylic acids is 4. The SMILES string of the molecule is COc1ccc(OC)c2c1CN1C(=O)N3CN4C(=O)N5Cc6c(OC)ccc(OC)c6CN6C(=O)N(CN7C(=O)N(C2)C1(C(=O)O)C37C(=O)O)C4(C(=O)O)C56C(=O)O. The number of rotatable bonds is 8. The second kappa shape index (κ2) is 11.1. The van der Waals surface area contributed by atoms with Crippen molar-refractivity contribution >= 4 is 48.0 Å². The van der Waals surface area contributed by atoms with Crippen molar-refractivity contribution in [3.8, 4) is 23.0 Å². The van der Waals surface area contributed by atoms with E-state index >= 15 is 19.2 Å². The molecule has 0 radical (unpaired) electrons. The van der Waals surface area contributed by atoms with Gasteiger partial charge in [0, 0.05) is 22.3 Å². The minimum absolute atomic E-state index is 0.105. The van der Waals surface area contributed by atoms with Crippen molar-refractivity contribution < 1.29 is 77.7 Å². The summed E-state index contributed by atoms with van der Waals surface area (Å²) in [6, 6.07) is 0.172. The Balaban J connectivity index is 1.35. The Hall–Kier alpha value is -7.40. The van der Waals surface area contributed by atoms with Crippen LogP contribution in [0.1, 0.15) is 22.3 Å². The lowest BCUT2D eigenvalue weighted by Gasteiger charge is -2.50. The molecule has 5 saturated heterocycles. The van der Waals surface area contributed by atoms with Crippen molar-refractivity contribution in [2.75, 3.05) is 41.8 Å². The van der Waals surface area contributed by atoms with E-state index < -0.39 is 110 Å². The Morgan fingerprint density at radius 3 is 0.776 bits per heavy atom. The van der Waals surface area contributed by atoms with Crippen molar-refractivity contribution in [3.63, 3.8) is 0 Å². The number of aliphatic carboxylic acids is 4. The Morgan fingerprint density at radius 2 is 0.603 bits per heavy atom. The molecule has 304 valence electrons. The molecule has 5 fully saturated rings. The molecule has 7 aliphatic rings. The van der Waals surface area contributed by atoms with Crippen LogP contribution in [-0.4, -0.2) is 172 Å². The van der Waals surface area contributed by atoms with E-state index in [1.54, 1.807) is 0 Å².